The lowest BCUT2D eigenvalue weighted by atomic mass is 10.1. The predicted molar refractivity (Wildman–Crippen MR) is 92.7 cm³/mol. The largest absolute Gasteiger partial charge is 0.479 e. The molecule has 130 valence electrons. The Kier molecular flexibility index (Phi) is 4.57. The van der Waals surface area contributed by atoms with Gasteiger partial charge in [-0.05, 0) is 32.0 Å². The molecule has 0 aromatic carbocycles. The van der Waals surface area contributed by atoms with Crippen molar-refractivity contribution in [2.24, 2.45) is 0 Å². The SMILES string of the molecule is CC(C)(O)C#CCOc1cc(-c2ccc(F)nc2)c2c(C#N)cnn2c1. The van der Waals surface area contributed by atoms with Crippen LogP contribution in [0, 0.1) is 29.1 Å². The highest BCUT2D eigenvalue weighted by Crippen LogP contribution is 2.30. The Labute approximate surface area is 149 Å². The maximum absolute atomic E-state index is 13.1. The van der Waals surface area contributed by atoms with E-state index in [2.05, 4.69) is 28.0 Å². The van der Waals surface area contributed by atoms with Crippen LogP contribution in [0.5, 0.6) is 5.75 Å². The van der Waals surface area contributed by atoms with Crippen molar-refractivity contribution in [2.45, 2.75) is 19.4 Å². The summed E-state index contributed by atoms with van der Waals surface area (Å²) in [5, 5.41) is 23.1. The number of aliphatic hydroxyl groups is 1. The van der Waals surface area contributed by atoms with Gasteiger partial charge in [0.25, 0.3) is 0 Å². The van der Waals surface area contributed by atoms with Gasteiger partial charge in [0.1, 0.15) is 24.0 Å². The number of rotatable bonds is 3. The lowest BCUT2D eigenvalue weighted by Gasteiger charge is -2.10. The van der Waals surface area contributed by atoms with Crippen LogP contribution in [0.1, 0.15) is 19.4 Å². The molecule has 6 nitrogen and oxygen atoms in total. The van der Waals surface area contributed by atoms with Crippen molar-refractivity contribution < 1.29 is 14.2 Å². The van der Waals surface area contributed by atoms with Crippen molar-refractivity contribution in [1.82, 2.24) is 14.6 Å². The molecule has 0 aliphatic rings. The predicted octanol–water partition coefficient (Wildman–Crippen LogP) is 2.56. The van der Waals surface area contributed by atoms with Crippen LogP contribution in [-0.2, 0) is 0 Å². The molecule has 0 atom stereocenters. The summed E-state index contributed by atoms with van der Waals surface area (Å²) in [5.41, 5.74) is 1.14. The number of ether oxygens (including phenoxy) is 1. The Bertz CT molecular complexity index is 1050. The second-order valence-electron chi connectivity index (χ2n) is 6.07. The zero-order valence-corrected chi connectivity index (χ0v) is 14.2. The van der Waals surface area contributed by atoms with Gasteiger partial charge in [0.2, 0.25) is 5.95 Å². The molecule has 0 spiro atoms. The monoisotopic (exact) mass is 350 g/mol. The average molecular weight is 350 g/mol. The molecule has 0 aliphatic heterocycles. The third-order valence-corrected chi connectivity index (χ3v) is 3.45. The van der Waals surface area contributed by atoms with E-state index in [1.807, 2.05) is 0 Å². The van der Waals surface area contributed by atoms with Crippen LogP contribution in [0.25, 0.3) is 16.6 Å². The highest BCUT2D eigenvalue weighted by molar-refractivity contribution is 5.84. The number of nitriles is 1. The molecule has 7 heteroatoms. The summed E-state index contributed by atoms with van der Waals surface area (Å²) in [6.07, 6.45) is 4.47. The molecule has 3 aromatic heterocycles. The Morgan fingerprint density at radius 2 is 2.15 bits per heavy atom. The molecule has 0 amide bonds. The van der Waals surface area contributed by atoms with Crippen molar-refractivity contribution in [3.8, 4) is 34.8 Å². The van der Waals surface area contributed by atoms with Gasteiger partial charge in [0, 0.05) is 17.3 Å². The summed E-state index contributed by atoms with van der Waals surface area (Å²) in [5.74, 6) is 5.27. The number of halogens is 1. The van der Waals surface area contributed by atoms with E-state index in [9.17, 15) is 14.8 Å². The summed E-state index contributed by atoms with van der Waals surface area (Å²) in [6.45, 7) is 3.24. The van der Waals surface area contributed by atoms with E-state index in [0.717, 1.165) is 0 Å². The van der Waals surface area contributed by atoms with E-state index < -0.39 is 11.5 Å². The van der Waals surface area contributed by atoms with Crippen molar-refractivity contribution in [1.29, 1.82) is 5.26 Å². The minimum absolute atomic E-state index is 0.0724. The zero-order valence-electron chi connectivity index (χ0n) is 14.2. The Morgan fingerprint density at radius 1 is 1.35 bits per heavy atom. The molecule has 0 fully saturated rings. The van der Waals surface area contributed by atoms with Crippen LogP contribution in [0.4, 0.5) is 4.39 Å². The first kappa shape index (κ1) is 17.4. The minimum Gasteiger partial charge on any atom is -0.479 e. The molecular weight excluding hydrogens is 335 g/mol. The Morgan fingerprint density at radius 3 is 2.81 bits per heavy atom. The molecule has 0 aliphatic carbocycles. The molecule has 1 N–H and O–H groups in total. The highest BCUT2D eigenvalue weighted by atomic mass is 19.1. The average Bonchev–Trinajstić information content (AvgIpc) is 3.01. The van der Waals surface area contributed by atoms with Gasteiger partial charge >= 0.3 is 0 Å². The van der Waals surface area contributed by atoms with Crippen molar-refractivity contribution in [2.75, 3.05) is 6.61 Å². The van der Waals surface area contributed by atoms with Crippen LogP contribution in [0.2, 0.25) is 0 Å². The maximum Gasteiger partial charge on any atom is 0.212 e. The molecule has 0 saturated heterocycles. The van der Waals surface area contributed by atoms with E-state index in [-0.39, 0.29) is 6.61 Å². The fourth-order valence-electron chi connectivity index (χ4n) is 2.38. The summed E-state index contributed by atoms with van der Waals surface area (Å²) in [4.78, 5) is 3.66. The fourth-order valence-corrected chi connectivity index (χ4v) is 2.38. The lowest BCUT2D eigenvalue weighted by Crippen LogP contribution is -2.15. The quantitative estimate of drug-likeness (QED) is 0.580. The zero-order chi connectivity index (χ0) is 18.7. The number of nitrogens with zero attached hydrogens (tertiary/aromatic N) is 4. The summed E-state index contributed by atoms with van der Waals surface area (Å²) in [7, 11) is 0. The topological polar surface area (TPSA) is 83.4 Å². The van der Waals surface area contributed by atoms with E-state index in [0.29, 0.717) is 28.0 Å². The van der Waals surface area contributed by atoms with Gasteiger partial charge in [0.15, 0.2) is 0 Å². The molecule has 3 heterocycles. The normalized spacial score (nSPS) is 10.9. The van der Waals surface area contributed by atoms with Gasteiger partial charge in [-0.2, -0.15) is 14.8 Å². The molecule has 3 aromatic rings. The first-order valence-electron chi connectivity index (χ1n) is 7.76. The minimum atomic E-state index is -1.10. The number of hydrogen-bond acceptors (Lipinski definition) is 5. The Balaban J connectivity index is 2.03. The lowest BCUT2D eigenvalue weighted by molar-refractivity contribution is 0.143. The van der Waals surface area contributed by atoms with Crippen LogP contribution in [0.15, 0.2) is 36.8 Å². The van der Waals surface area contributed by atoms with E-state index in [1.165, 1.54) is 23.0 Å². The number of pyridine rings is 2. The smallest absolute Gasteiger partial charge is 0.212 e. The Hall–Kier alpha value is -3.42. The maximum atomic E-state index is 13.1. The standard InChI is InChI=1S/C19H15FN4O2/c1-19(2,25)6-3-7-26-15-8-16(13-4-5-17(20)22-10-13)18-14(9-21)11-23-24(18)12-15/h4-5,8,10-12,25H,7H2,1-2H3. The first-order chi connectivity index (χ1) is 12.4. The molecule has 26 heavy (non-hydrogen) atoms. The van der Waals surface area contributed by atoms with Crippen LogP contribution >= 0.6 is 0 Å². The summed E-state index contributed by atoms with van der Waals surface area (Å²) < 4.78 is 20.3. The molecular formula is C19H15FN4O2. The molecule has 0 saturated carbocycles. The van der Waals surface area contributed by atoms with E-state index in [1.54, 1.807) is 32.2 Å². The first-order valence-corrected chi connectivity index (χ1v) is 7.76. The molecule has 0 unspecified atom stereocenters. The van der Waals surface area contributed by atoms with E-state index >= 15 is 0 Å². The third kappa shape index (κ3) is 3.80. The molecule has 0 bridgehead atoms. The summed E-state index contributed by atoms with van der Waals surface area (Å²) in [6, 6.07) is 6.63. The fraction of sp³-hybridized carbons (Fsp3) is 0.211. The number of hydrogen-bond donors (Lipinski definition) is 1. The van der Waals surface area contributed by atoms with Crippen molar-refractivity contribution in [3.63, 3.8) is 0 Å². The van der Waals surface area contributed by atoms with Gasteiger partial charge in [-0.25, -0.2) is 9.50 Å². The second kappa shape index (κ2) is 6.83. The van der Waals surface area contributed by atoms with Crippen molar-refractivity contribution >= 4 is 5.52 Å². The van der Waals surface area contributed by atoms with Gasteiger partial charge in [0.05, 0.1) is 23.5 Å². The van der Waals surface area contributed by atoms with Gasteiger partial charge in [-0.1, -0.05) is 11.8 Å². The van der Waals surface area contributed by atoms with Gasteiger partial charge < -0.3 is 9.84 Å². The number of fused-ring (bicyclic) bond motifs is 1. The van der Waals surface area contributed by atoms with Crippen LogP contribution in [0.3, 0.4) is 0 Å². The van der Waals surface area contributed by atoms with E-state index in [4.69, 9.17) is 4.74 Å². The third-order valence-electron chi connectivity index (χ3n) is 3.45. The summed E-state index contributed by atoms with van der Waals surface area (Å²) >= 11 is 0. The number of aromatic nitrogens is 3. The van der Waals surface area contributed by atoms with Crippen LogP contribution < -0.4 is 4.74 Å². The van der Waals surface area contributed by atoms with Crippen molar-refractivity contribution in [3.05, 3.63) is 48.3 Å². The molecule has 0 radical (unpaired) electrons. The highest BCUT2D eigenvalue weighted by Gasteiger charge is 2.14. The van der Waals surface area contributed by atoms with Crippen LogP contribution in [-0.4, -0.2) is 31.9 Å². The van der Waals surface area contributed by atoms with Gasteiger partial charge in [-0.3, -0.25) is 0 Å². The van der Waals surface area contributed by atoms with Gasteiger partial charge in [-0.15, -0.1) is 0 Å². The molecule has 3 rings (SSSR count). The second-order valence-corrected chi connectivity index (χ2v) is 6.07.